The van der Waals surface area contributed by atoms with Gasteiger partial charge in [0.2, 0.25) is 0 Å². The number of fused-ring (bicyclic) bond motifs is 2. The topological polar surface area (TPSA) is 88.4 Å². The molecule has 2 aliphatic rings. The van der Waals surface area contributed by atoms with Crippen molar-refractivity contribution in [3.63, 3.8) is 0 Å². The number of rotatable bonds is 2. The molecule has 1 fully saturated rings. The van der Waals surface area contributed by atoms with Crippen LogP contribution in [0.2, 0.25) is 0 Å². The fraction of sp³-hybridized carbons (Fsp3) is 0.533. The molecule has 3 aromatic heterocycles. The number of anilines is 1. The Morgan fingerprint density at radius 3 is 2.91 bits per heavy atom. The molecule has 0 amide bonds. The van der Waals surface area contributed by atoms with E-state index < -0.39 is 0 Å². The Labute approximate surface area is 133 Å². The maximum atomic E-state index is 4.47. The minimum Gasteiger partial charge on any atom is -0.356 e. The van der Waals surface area contributed by atoms with Gasteiger partial charge in [0.25, 0.3) is 0 Å². The first kappa shape index (κ1) is 13.0. The molecule has 3 aromatic rings. The van der Waals surface area contributed by atoms with Gasteiger partial charge in [0.05, 0.1) is 11.6 Å². The second-order valence-electron chi connectivity index (χ2n) is 6.32. The molecule has 2 aliphatic heterocycles. The molecule has 1 N–H and O–H groups in total. The van der Waals surface area contributed by atoms with Crippen molar-refractivity contribution < 1.29 is 0 Å². The number of nitrogens with zero attached hydrogens (tertiary/aromatic N) is 7. The molecule has 0 bridgehead atoms. The van der Waals surface area contributed by atoms with Gasteiger partial charge < -0.3 is 9.47 Å². The SMILES string of the molecule is c1nc(N2CCC(c3nnc4n3CCC4)CC2)c2cn[nH]c2n1. The lowest BCUT2D eigenvalue weighted by atomic mass is 9.96. The summed E-state index contributed by atoms with van der Waals surface area (Å²) in [7, 11) is 0. The Kier molecular flexibility index (Phi) is 2.82. The number of aromatic amines is 1. The molecule has 0 aromatic carbocycles. The van der Waals surface area contributed by atoms with Gasteiger partial charge in [0, 0.05) is 32.0 Å². The molecule has 0 spiro atoms. The van der Waals surface area contributed by atoms with E-state index in [4.69, 9.17) is 0 Å². The first-order chi connectivity index (χ1) is 11.4. The monoisotopic (exact) mass is 310 g/mol. The highest BCUT2D eigenvalue weighted by Crippen LogP contribution is 2.32. The van der Waals surface area contributed by atoms with E-state index in [1.165, 1.54) is 18.1 Å². The molecule has 0 aliphatic carbocycles. The second-order valence-corrected chi connectivity index (χ2v) is 6.32. The number of hydrogen-bond donors (Lipinski definition) is 1. The van der Waals surface area contributed by atoms with Crippen molar-refractivity contribution in [1.29, 1.82) is 0 Å². The van der Waals surface area contributed by atoms with Crippen LogP contribution in [0.1, 0.15) is 36.8 Å². The molecule has 8 heteroatoms. The van der Waals surface area contributed by atoms with E-state index >= 15 is 0 Å². The molecule has 0 unspecified atom stereocenters. The minimum absolute atomic E-state index is 0.507. The summed E-state index contributed by atoms with van der Waals surface area (Å²) >= 11 is 0. The van der Waals surface area contributed by atoms with Crippen LogP contribution in [0.5, 0.6) is 0 Å². The average Bonchev–Trinajstić information content (AvgIpc) is 3.30. The molecule has 5 heterocycles. The van der Waals surface area contributed by atoms with Crippen LogP contribution < -0.4 is 4.90 Å². The van der Waals surface area contributed by atoms with Gasteiger partial charge in [-0.2, -0.15) is 5.10 Å². The van der Waals surface area contributed by atoms with Gasteiger partial charge in [-0.15, -0.1) is 10.2 Å². The van der Waals surface area contributed by atoms with Crippen molar-refractivity contribution in [3.05, 3.63) is 24.2 Å². The summed E-state index contributed by atoms with van der Waals surface area (Å²) < 4.78 is 2.33. The molecule has 1 saturated heterocycles. The number of piperidine rings is 1. The number of nitrogens with one attached hydrogen (secondary N) is 1. The fourth-order valence-electron chi connectivity index (χ4n) is 3.83. The van der Waals surface area contributed by atoms with Crippen LogP contribution in [0.3, 0.4) is 0 Å². The molecule has 0 saturated carbocycles. The van der Waals surface area contributed by atoms with Crippen molar-refractivity contribution in [3.8, 4) is 0 Å². The Morgan fingerprint density at radius 2 is 2.00 bits per heavy atom. The fourth-order valence-corrected chi connectivity index (χ4v) is 3.83. The first-order valence-electron chi connectivity index (χ1n) is 8.21. The van der Waals surface area contributed by atoms with Gasteiger partial charge in [-0.1, -0.05) is 0 Å². The average molecular weight is 310 g/mol. The number of H-pyrrole nitrogens is 1. The molecule has 23 heavy (non-hydrogen) atoms. The van der Waals surface area contributed by atoms with Crippen LogP contribution in [0, 0.1) is 0 Å². The lowest BCUT2D eigenvalue weighted by Gasteiger charge is -2.32. The lowest BCUT2D eigenvalue weighted by molar-refractivity contribution is 0.466. The van der Waals surface area contributed by atoms with E-state index in [2.05, 4.69) is 39.8 Å². The molecular weight excluding hydrogens is 292 g/mol. The molecule has 0 atom stereocenters. The van der Waals surface area contributed by atoms with Gasteiger partial charge in [-0.25, -0.2) is 9.97 Å². The third-order valence-electron chi connectivity index (χ3n) is 5.02. The lowest BCUT2D eigenvalue weighted by Crippen LogP contribution is -2.34. The van der Waals surface area contributed by atoms with E-state index in [0.717, 1.165) is 55.7 Å². The smallest absolute Gasteiger partial charge is 0.160 e. The van der Waals surface area contributed by atoms with E-state index in [1.54, 1.807) is 6.33 Å². The number of aromatic nitrogens is 7. The second kappa shape index (κ2) is 5.00. The highest BCUT2D eigenvalue weighted by molar-refractivity contribution is 5.86. The van der Waals surface area contributed by atoms with Gasteiger partial charge in [-0.3, -0.25) is 5.10 Å². The quantitative estimate of drug-likeness (QED) is 0.767. The first-order valence-corrected chi connectivity index (χ1v) is 8.21. The van der Waals surface area contributed by atoms with Crippen LogP contribution in [-0.4, -0.2) is 48.0 Å². The standard InChI is InChI=1S/C15H18N8/c1-2-12-19-21-14(23(12)5-1)10-3-6-22(7-4-10)15-11-8-18-20-13(11)16-9-17-15/h8-10H,1-7H2,(H,16,17,18,20). The number of aryl methyl sites for hydroxylation is 1. The summed E-state index contributed by atoms with van der Waals surface area (Å²) in [6, 6.07) is 0. The van der Waals surface area contributed by atoms with Gasteiger partial charge in [0.1, 0.15) is 23.8 Å². The molecule has 118 valence electrons. The summed E-state index contributed by atoms with van der Waals surface area (Å²) in [6.45, 7) is 3.04. The molecular formula is C15H18N8. The van der Waals surface area contributed by atoms with E-state index in [0.29, 0.717) is 5.92 Å². The van der Waals surface area contributed by atoms with Gasteiger partial charge in [0.15, 0.2) is 5.65 Å². The predicted molar refractivity (Wildman–Crippen MR) is 84.2 cm³/mol. The van der Waals surface area contributed by atoms with E-state index in [9.17, 15) is 0 Å². The molecule has 0 radical (unpaired) electrons. The van der Waals surface area contributed by atoms with Crippen LogP contribution in [0.15, 0.2) is 12.5 Å². The highest BCUT2D eigenvalue weighted by atomic mass is 15.3. The zero-order valence-corrected chi connectivity index (χ0v) is 12.8. The maximum absolute atomic E-state index is 4.47. The summed E-state index contributed by atoms with van der Waals surface area (Å²) in [5.41, 5.74) is 0.799. The molecule has 8 nitrogen and oxygen atoms in total. The predicted octanol–water partition coefficient (Wildman–Crippen LogP) is 1.27. The third kappa shape index (κ3) is 2.01. The Hall–Kier alpha value is -2.51. The minimum atomic E-state index is 0.507. The van der Waals surface area contributed by atoms with Crippen LogP contribution in [0.25, 0.3) is 11.0 Å². The Balaban J connectivity index is 1.37. The van der Waals surface area contributed by atoms with Gasteiger partial charge in [-0.05, 0) is 19.3 Å². The third-order valence-corrected chi connectivity index (χ3v) is 5.02. The van der Waals surface area contributed by atoms with E-state index in [-0.39, 0.29) is 0 Å². The summed E-state index contributed by atoms with van der Waals surface area (Å²) in [5, 5.41) is 16.8. The van der Waals surface area contributed by atoms with Crippen LogP contribution in [-0.2, 0) is 13.0 Å². The van der Waals surface area contributed by atoms with Crippen molar-refractivity contribution in [2.75, 3.05) is 18.0 Å². The van der Waals surface area contributed by atoms with Crippen molar-refractivity contribution in [2.24, 2.45) is 0 Å². The van der Waals surface area contributed by atoms with Crippen LogP contribution >= 0.6 is 0 Å². The Bertz CT molecular complexity index is 842. The van der Waals surface area contributed by atoms with Crippen LogP contribution in [0.4, 0.5) is 5.82 Å². The van der Waals surface area contributed by atoms with Crippen molar-refractivity contribution >= 4 is 16.9 Å². The zero-order valence-electron chi connectivity index (χ0n) is 12.8. The summed E-state index contributed by atoms with van der Waals surface area (Å²) in [5.74, 6) is 3.84. The largest absolute Gasteiger partial charge is 0.356 e. The molecule has 5 rings (SSSR count). The summed E-state index contributed by atoms with van der Waals surface area (Å²) in [6.07, 6.45) is 7.86. The highest BCUT2D eigenvalue weighted by Gasteiger charge is 2.28. The van der Waals surface area contributed by atoms with Gasteiger partial charge >= 0.3 is 0 Å². The maximum Gasteiger partial charge on any atom is 0.160 e. The Morgan fingerprint density at radius 1 is 1.09 bits per heavy atom. The normalized spacial score (nSPS) is 18.7. The number of hydrogen-bond acceptors (Lipinski definition) is 6. The van der Waals surface area contributed by atoms with Crippen molar-refractivity contribution in [2.45, 2.75) is 38.1 Å². The summed E-state index contributed by atoms with van der Waals surface area (Å²) in [4.78, 5) is 11.0. The van der Waals surface area contributed by atoms with E-state index in [1.807, 2.05) is 6.20 Å². The van der Waals surface area contributed by atoms with Crippen molar-refractivity contribution in [1.82, 2.24) is 34.9 Å². The zero-order chi connectivity index (χ0) is 15.2.